The molecule has 0 saturated carbocycles. The minimum absolute atomic E-state index is 0. The molecular formula is C19H34Cl2N2O2. The van der Waals surface area contributed by atoms with Crippen molar-refractivity contribution in [3.63, 3.8) is 0 Å². The first-order valence-electron chi connectivity index (χ1n) is 8.74. The number of rotatable bonds is 7. The third-order valence-electron chi connectivity index (χ3n) is 4.63. The standard InChI is InChI=1S/C19H32N2O2.2ClH/c1-14(2)6-7-16(21-10-8-20-9-11-21)19-17(22-4)12-15(3)13-18(19)23-5;;/h12-14,16,20H,6-11H2,1-5H3;2*1H/t16-;;/m1../s1. The minimum Gasteiger partial charge on any atom is -0.496 e. The minimum atomic E-state index is 0. The van der Waals surface area contributed by atoms with Crippen molar-refractivity contribution >= 4 is 24.8 Å². The van der Waals surface area contributed by atoms with E-state index in [0.29, 0.717) is 12.0 Å². The van der Waals surface area contributed by atoms with E-state index in [9.17, 15) is 0 Å². The molecule has 0 aliphatic carbocycles. The molecule has 0 radical (unpaired) electrons. The van der Waals surface area contributed by atoms with Gasteiger partial charge in [0.2, 0.25) is 0 Å². The molecule has 25 heavy (non-hydrogen) atoms. The summed E-state index contributed by atoms with van der Waals surface area (Å²) in [4.78, 5) is 2.58. The van der Waals surface area contributed by atoms with Crippen LogP contribution in [0.15, 0.2) is 12.1 Å². The number of piperazine rings is 1. The zero-order chi connectivity index (χ0) is 16.8. The van der Waals surface area contributed by atoms with Crippen molar-refractivity contribution in [2.75, 3.05) is 40.4 Å². The molecule has 1 heterocycles. The number of benzene rings is 1. The fourth-order valence-corrected chi connectivity index (χ4v) is 3.39. The van der Waals surface area contributed by atoms with Gasteiger partial charge in [0, 0.05) is 32.2 Å². The van der Waals surface area contributed by atoms with E-state index < -0.39 is 0 Å². The summed E-state index contributed by atoms with van der Waals surface area (Å²) in [5.41, 5.74) is 2.38. The van der Waals surface area contributed by atoms with Gasteiger partial charge in [-0.2, -0.15) is 0 Å². The third kappa shape index (κ3) is 6.52. The van der Waals surface area contributed by atoms with Crippen LogP contribution in [-0.4, -0.2) is 45.3 Å². The van der Waals surface area contributed by atoms with E-state index >= 15 is 0 Å². The van der Waals surface area contributed by atoms with E-state index in [1.165, 1.54) is 17.5 Å². The molecule has 1 aliphatic heterocycles. The smallest absolute Gasteiger partial charge is 0.127 e. The van der Waals surface area contributed by atoms with E-state index in [-0.39, 0.29) is 24.8 Å². The molecule has 6 heteroatoms. The van der Waals surface area contributed by atoms with Crippen molar-refractivity contribution in [2.24, 2.45) is 5.92 Å². The molecule has 1 saturated heterocycles. The Kier molecular flexibility index (Phi) is 11.5. The highest BCUT2D eigenvalue weighted by Gasteiger charge is 2.28. The third-order valence-corrected chi connectivity index (χ3v) is 4.63. The second kappa shape index (κ2) is 11.8. The van der Waals surface area contributed by atoms with Gasteiger partial charge >= 0.3 is 0 Å². The molecule has 1 aliphatic rings. The molecule has 1 atom stereocenters. The topological polar surface area (TPSA) is 33.7 Å². The number of halogens is 2. The predicted octanol–water partition coefficient (Wildman–Crippen LogP) is 4.24. The average Bonchev–Trinajstić information content (AvgIpc) is 2.56. The summed E-state index contributed by atoms with van der Waals surface area (Å²) in [6.45, 7) is 10.9. The molecule has 0 aromatic heterocycles. The average molecular weight is 393 g/mol. The molecule has 1 aromatic rings. The Bertz CT molecular complexity index is 481. The first kappa shape index (κ1) is 24.3. The Balaban J connectivity index is 0.00000288. The highest BCUT2D eigenvalue weighted by Crippen LogP contribution is 2.41. The largest absolute Gasteiger partial charge is 0.496 e. The maximum Gasteiger partial charge on any atom is 0.127 e. The molecule has 146 valence electrons. The summed E-state index contributed by atoms with van der Waals surface area (Å²) in [7, 11) is 3.52. The van der Waals surface area contributed by atoms with Crippen LogP contribution >= 0.6 is 24.8 Å². The van der Waals surface area contributed by atoms with Crippen LogP contribution in [0.25, 0.3) is 0 Å². The number of nitrogens with one attached hydrogen (secondary N) is 1. The first-order valence-corrected chi connectivity index (χ1v) is 8.74. The molecule has 4 nitrogen and oxygen atoms in total. The zero-order valence-electron chi connectivity index (χ0n) is 16.1. The second-order valence-electron chi connectivity index (χ2n) is 6.86. The van der Waals surface area contributed by atoms with E-state index in [1.54, 1.807) is 14.2 Å². The van der Waals surface area contributed by atoms with Crippen LogP contribution in [0.1, 0.15) is 43.9 Å². The van der Waals surface area contributed by atoms with Crippen molar-refractivity contribution in [3.05, 3.63) is 23.3 Å². The highest BCUT2D eigenvalue weighted by atomic mass is 35.5. The summed E-state index contributed by atoms with van der Waals surface area (Å²) in [5, 5.41) is 3.45. The normalized spacial score (nSPS) is 15.9. The predicted molar refractivity (Wildman–Crippen MR) is 110 cm³/mol. The van der Waals surface area contributed by atoms with Crippen LogP contribution in [-0.2, 0) is 0 Å². The molecule has 0 amide bonds. The summed E-state index contributed by atoms with van der Waals surface area (Å²) in [5.74, 6) is 2.60. The molecule has 1 fully saturated rings. The Hall–Kier alpha value is -0.680. The molecule has 0 bridgehead atoms. The second-order valence-corrected chi connectivity index (χ2v) is 6.86. The fraction of sp³-hybridized carbons (Fsp3) is 0.684. The summed E-state index contributed by atoms with van der Waals surface area (Å²) >= 11 is 0. The summed E-state index contributed by atoms with van der Waals surface area (Å²) in [6.07, 6.45) is 2.34. The van der Waals surface area contributed by atoms with Crippen LogP contribution in [0.3, 0.4) is 0 Å². The molecule has 2 rings (SSSR count). The lowest BCUT2D eigenvalue weighted by atomic mass is 9.93. The van der Waals surface area contributed by atoms with Gasteiger partial charge in [0.25, 0.3) is 0 Å². The van der Waals surface area contributed by atoms with Gasteiger partial charge in [0.15, 0.2) is 0 Å². The maximum absolute atomic E-state index is 5.72. The van der Waals surface area contributed by atoms with Crippen molar-refractivity contribution in [3.8, 4) is 11.5 Å². The lowest BCUT2D eigenvalue weighted by molar-refractivity contribution is 0.154. The summed E-state index contributed by atoms with van der Waals surface area (Å²) < 4.78 is 11.4. The zero-order valence-corrected chi connectivity index (χ0v) is 17.8. The van der Waals surface area contributed by atoms with Crippen molar-refractivity contribution in [2.45, 2.75) is 39.7 Å². The fourth-order valence-electron chi connectivity index (χ4n) is 3.39. The molecule has 0 unspecified atom stereocenters. The number of aryl methyl sites for hydroxylation is 1. The van der Waals surface area contributed by atoms with Gasteiger partial charge in [0.1, 0.15) is 11.5 Å². The Morgan fingerprint density at radius 2 is 1.52 bits per heavy atom. The van der Waals surface area contributed by atoms with Gasteiger partial charge in [-0.1, -0.05) is 13.8 Å². The van der Waals surface area contributed by atoms with Crippen molar-refractivity contribution in [1.82, 2.24) is 10.2 Å². The van der Waals surface area contributed by atoms with E-state index in [4.69, 9.17) is 9.47 Å². The first-order chi connectivity index (χ1) is 11.1. The summed E-state index contributed by atoms with van der Waals surface area (Å²) in [6, 6.07) is 4.61. The van der Waals surface area contributed by atoms with Crippen LogP contribution < -0.4 is 14.8 Å². The monoisotopic (exact) mass is 392 g/mol. The van der Waals surface area contributed by atoms with Gasteiger partial charge in [0.05, 0.1) is 19.8 Å². The van der Waals surface area contributed by atoms with Crippen molar-refractivity contribution < 1.29 is 9.47 Å². The molecular weight excluding hydrogens is 359 g/mol. The lowest BCUT2D eigenvalue weighted by Crippen LogP contribution is -2.45. The van der Waals surface area contributed by atoms with Crippen LogP contribution in [0.4, 0.5) is 0 Å². The van der Waals surface area contributed by atoms with Gasteiger partial charge in [-0.05, 0) is 43.4 Å². The molecule has 0 spiro atoms. The van der Waals surface area contributed by atoms with Gasteiger partial charge < -0.3 is 14.8 Å². The number of hydrogen-bond acceptors (Lipinski definition) is 4. The van der Waals surface area contributed by atoms with Gasteiger partial charge in [-0.25, -0.2) is 0 Å². The van der Waals surface area contributed by atoms with E-state index in [2.05, 4.69) is 43.1 Å². The SMILES string of the molecule is COc1cc(C)cc(OC)c1[C@@H](CCC(C)C)N1CCNCC1.Cl.Cl. The van der Waals surface area contributed by atoms with Crippen LogP contribution in [0, 0.1) is 12.8 Å². The van der Waals surface area contributed by atoms with E-state index in [0.717, 1.165) is 44.1 Å². The number of hydrogen-bond donors (Lipinski definition) is 1. The van der Waals surface area contributed by atoms with E-state index in [1.807, 2.05) is 0 Å². The van der Waals surface area contributed by atoms with Crippen LogP contribution in [0.2, 0.25) is 0 Å². The van der Waals surface area contributed by atoms with Crippen molar-refractivity contribution in [1.29, 1.82) is 0 Å². The Labute approximate surface area is 165 Å². The number of methoxy groups -OCH3 is 2. The quantitative estimate of drug-likeness (QED) is 0.752. The van der Waals surface area contributed by atoms with Crippen LogP contribution in [0.5, 0.6) is 11.5 Å². The Morgan fingerprint density at radius 1 is 1.00 bits per heavy atom. The maximum atomic E-state index is 5.72. The van der Waals surface area contributed by atoms with Gasteiger partial charge in [-0.15, -0.1) is 24.8 Å². The number of ether oxygens (including phenoxy) is 2. The molecule has 1 aromatic carbocycles. The number of nitrogens with zero attached hydrogens (tertiary/aromatic N) is 1. The van der Waals surface area contributed by atoms with Gasteiger partial charge in [-0.3, -0.25) is 4.90 Å². The molecule has 1 N–H and O–H groups in total. The Morgan fingerprint density at radius 3 is 1.96 bits per heavy atom. The highest BCUT2D eigenvalue weighted by molar-refractivity contribution is 5.85. The lowest BCUT2D eigenvalue weighted by Gasteiger charge is -2.37.